The highest BCUT2D eigenvalue weighted by molar-refractivity contribution is 5.20. The van der Waals surface area contributed by atoms with Crippen molar-refractivity contribution in [1.82, 2.24) is 10.2 Å². The van der Waals surface area contributed by atoms with Crippen LogP contribution in [0, 0.1) is 11.6 Å². The summed E-state index contributed by atoms with van der Waals surface area (Å²) in [6.45, 7) is 12.3. The van der Waals surface area contributed by atoms with Gasteiger partial charge in [0, 0.05) is 37.3 Å². The quantitative estimate of drug-likeness (QED) is 0.820. The molecular weight excluding hydrogens is 258 g/mol. The molecule has 0 saturated heterocycles. The second-order valence-corrected chi connectivity index (χ2v) is 5.80. The van der Waals surface area contributed by atoms with Crippen molar-refractivity contribution in [2.75, 3.05) is 13.1 Å². The summed E-state index contributed by atoms with van der Waals surface area (Å²) in [5.41, 5.74) is 0.642. The zero-order valence-electron chi connectivity index (χ0n) is 13.1. The van der Waals surface area contributed by atoms with Crippen LogP contribution in [-0.4, -0.2) is 30.1 Å². The average Bonchev–Trinajstić information content (AvgIpc) is 2.32. The maximum Gasteiger partial charge on any atom is 0.126 e. The molecule has 114 valence electrons. The molecule has 2 nitrogen and oxygen atoms in total. The van der Waals surface area contributed by atoms with Crippen LogP contribution in [0.1, 0.15) is 46.2 Å². The normalized spacial score (nSPS) is 13.5. The first-order valence-electron chi connectivity index (χ1n) is 7.26. The van der Waals surface area contributed by atoms with Gasteiger partial charge in [-0.15, -0.1) is 0 Å². The first-order chi connectivity index (χ1) is 9.31. The van der Waals surface area contributed by atoms with Crippen molar-refractivity contribution in [3.8, 4) is 0 Å². The second-order valence-electron chi connectivity index (χ2n) is 5.80. The Kier molecular flexibility index (Phi) is 6.56. The maximum absolute atomic E-state index is 13.2. The van der Waals surface area contributed by atoms with Crippen molar-refractivity contribution in [2.45, 2.75) is 52.7 Å². The van der Waals surface area contributed by atoms with E-state index < -0.39 is 11.6 Å². The number of nitrogens with zero attached hydrogens (tertiary/aromatic N) is 1. The smallest absolute Gasteiger partial charge is 0.126 e. The summed E-state index contributed by atoms with van der Waals surface area (Å²) < 4.78 is 26.3. The summed E-state index contributed by atoms with van der Waals surface area (Å²) in [7, 11) is 0. The lowest BCUT2D eigenvalue weighted by Crippen LogP contribution is -2.41. The zero-order chi connectivity index (χ0) is 15.3. The maximum atomic E-state index is 13.2. The molecule has 4 heteroatoms. The van der Waals surface area contributed by atoms with Crippen LogP contribution in [-0.2, 0) is 0 Å². The van der Waals surface area contributed by atoms with E-state index in [2.05, 4.69) is 37.9 Å². The standard InChI is InChI=1S/C16H26F2N2/c1-11(2)20(12(3)4)7-6-19-13(5)14-8-15(17)10-16(18)9-14/h8-13,19H,6-7H2,1-5H3. The third-order valence-electron chi connectivity index (χ3n) is 3.53. The van der Waals surface area contributed by atoms with Crippen molar-refractivity contribution in [3.05, 3.63) is 35.4 Å². The fraction of sp³-hybridized carbons (Fsp3) is 0.625. The predicted molar refractivity (Wildman–Crippen MR) is 79.8 cm³/mol. The molecule has 0 amide bonds. The predicted octanol–water partition coefficient (Wildman–Crippen LogP) is 3.73. The summed E-state index contributed by atoms with van der Waals surface area (Å²) in [5.74, 6) is -1.06. The largest absolute Gasteiger partial charge is 0.309 e. The Morgan fingerprint density at radius 1 is 0.950 bits per heavy atom. The van der Waals surface area contributed by atoms with Crippen LogP contribution >= 0.6 is 0 Å². The highest BCUT2D eigenvalue weighted by atomic mass is 19.1. The topological polar surface area (TPSA) is 15.3 Å². The van der Waals surface area contributed by atoms with Gasteiger partial charge in [-0.3, -0.25) is 4.90 Å². The summed E-state index contributed by atoms with van der Waals surface area (Å²) in [6.07, 6.45) is 0. The van der Waals surface area contributed by atoms with Gasteiger partial charge in [0.25, 0.3) is 0 Å². The van der Waals surface area contributed by atoms with E-state index in [9.17, 15) is 8.78 Å². The molecule has 0 radical (unpaired) electrons. The van der Waals surface area contributed by atoms with Crippen LogP contribution in [0.3, 0.4) is 0 Å². The Hall–Kier alpha value is -1.00. The number of benzene rings is 1. The van der Waals surface area contributed by atoms with E-state index in [0.717, 1.165) is 19.2 Å². The summed E-state index contributed by atoms with van der Waals surface area (Å²) in [4.78, 5) is 2.38. The van der Waals surface area contributed by atoms with Gasteiger partial charge in [-0.05, 0) is 52.3 Å². The van der Waals surface area contributed by atoms with Crippen LogP contribution < -0.4 is 5.32 Å². The number of hydrogen-bond donors (Lipinski definition) is 1. The van der Waals surface area contributed by atoms with Crippen molar-refractivity contribution < 1.29 is 8.78 Å². The molecular formula is C16H26F2N2. The Balaban J connectivity index is 2.52. The molecule has 1 N–H and O–H groups in total. The molecule has 1 unspecified atom stereocenters. The second kappa shape index (κ2) is 7.70. The third-order valence-corrected chi connectivity index (χ3v) is 3.53. The van der Waals surface area contributed by atoms with Gasteiger partial charge in [-0.1, -0.05) is 0 Å². The van der Waals surface area contributed by atoms with Gasteiger partial charge in [0.2, 0.25) is 0 Å². The minimum atomic E-state index is -0.528. The van der Waals surface area contributed by atoms with Gasteiger partial charge < -0.3 is 5.32 Å². The Morgan fingerprint density at radius 2 is 1.45 bits per heavy atom. The van der Waals surface area contributed by atoms with E-state index >= 15 is 0 Å². The lowest BCUT2D eigenvalue weighted by molar-refractivity contribution is 0.174. The number of rotatable bonds is 7. The van der Waals surface area contributed by atoms with E-state index in [0.29, 0.717) is 17.6 Å². The molecule has 0 fully saturated rings. The van der Waals surface area contributed by atoms with Crippen molar-refractivity contribution in [2.24, 2.45) is 0 Å². The summed E-state index contributed by atoms with van der Waals surface area (Å²) >= 11 is 0. The van der Waals surface area contributed by atoms with Gasteiger partial charge in [0.05, 0.1) is 0 Å². The monoisotopic (exact) mass is 284 g/mol. The van der Waals surface area contributed by atoms with Gasteiger partial charge in [-0.2, -0.15) is 0 Å². The van der Waals surface area contributed by atoms with Gasteiger partial charge in [-0.25, -0.2) is 8.78 Å². The van der Waals surface area contributed by atoms with Crippen LogP contribution in [0.2, 0.25) is 0 Å². The molecule has 0 spiro atoms. The van der Waals surface area contributed by atoms with Crippen LogP contribution in [0.5, 0.6) is 0 Å². The van der Waals surface area contributed by atoms with Gasteiger partial charge in [0.1, 0.15) is 11.6 Å². The number of hydrogen-bond acceptors (Lipinski definition) is 2. The fourth-order valence-electron chi connectivity index (χ4n) is 2.47. The van der Waals surface area contributed by atoms with Crippen molar-refractivity contribution >= 4 is 0 Å². The summed E-state index contributed by atoms with van der Waals surface area (Å²) in [5, 5.41) is 3.32. The Morgan fingerprint density at radius 3 is 1.90 bits per heavy atom. The molecule has 0 aliphatic carbocycles. The average molecular weight is 284 g/mol. The molecule has 20 heavy (non-hydrogen) atoms. The van der Waals surface area contributed by atoms with Gasteiger partial charge >= 0.3 is 0 Å². The molecule has 0 heterocycles. The fourth-order valence-corrected chi connectivity index (χ4v) is 2.47. The van der Waals surface area contributed by atoms with Crippen LogP contribution in [0.25, 0.3) is 0 Å². The van der Waals surface area contributed by atoms with Crippen LogP contribution in [0.15, 0.2) is 18.2 Å². The number of nitrogens with one attached hydrogen (secondary N) is 1. The molecule has 0 aliphatic rings. The van der Waals surface area contributed by atoms with E-state index in [4.69, 9.17) is 0 Å². The SMILES string of the molecule is CC(NCCN(C(C)C)C(C)C)c1cc(F)cc(F)c1. The Bertz CT molecular complexity index is 391. The van der Waals surface area contributed by atoms with Crippen molar-refractivity contribution in [3.63, 3.8) is 0 Å². The molecule has 0 aromatic heterocycles. The van der Waals surface area contributed by atoms with Crippen molar-refractivity contribution in [1.29, 1.82) is 0 Å². The highest BCUT2D eigenvalue weighted by Crippen LogP contribution is 2.15. The lowest BCUT2D eigenvalue weighted by Gasteiger charge is -2.31. The van der Waals surface area contributed by atoms with E-state index in [1.165, 1.54) is 12.1 Å². The highest BCUT2D eigenvalue weighted by Gasteiger charge is 2.14. The minimum absolute atomic E-state index is 0.0682. The first-order valence-corrected chi connectivity index (χ1v) is 7.26. The molecule has 1 aromatic carbocycles. The van der Waals surface area contributed by atoms with Crippen LogP contribution in [0.4, 0.5) is 8.78 Å². The molecule has 1 aromatic rings. The first kappa shape index (κ1) is 17.1. The van der Waals surface area contributed by atoms with Gasteiger partial charge in [0.15, 0.2) is 0 Å². The molecule has 0 aliphatic heterocycles. The molecule has 1 rings (SSSR count). The Labute approximate surface area is 121 Å². The lowest BCUT2D eigenvalue weighted by atomic mass is 10.1. The third kappa shape index (κ3) is 5.17. The summed E-state index contributed by atoms with van der Waals surface area (Å²) in [6, 6.07) is 4.56. The number of halogens is 2. The van der Waals surface area contributed by atoms with E-state index in [-0.39, 0.29) is 6.04 Å². The molecule has 0 bridgehead atoms. The van der Waals surface area contributed by atoms with E-state index in [1.807, 2.05) is 6.92 Å². The molecule has 1 atom stereocenters. The zero-order valence-corrected chi connectivity index (χ0v) is 13.1. The minimum Gasteiger partial charge on any atom is -0.309 e. The van der Waals surface area contributed by atoms with E-state index in [1.54, 1.807) is 0 Å². The molecule has 0 saturated carbocycles.